The van der Waals surface area contributed by atoms with E-state index in [9.17, 15) is 9.59 Å². The molecular weight excluding hydrogens is 422 g/mol. The largest absolute Gasteiger partial charge is 0.497 e. The molecule has 0 fully saturated rings. The first-order valence-electron chi connectivity index (χ1n) is 10.4. The number of aromatic nitrogens is 2. The van der Waals surface area contributed by atoms with E-state index in [4.69, 9.17) is 4.74 Å². The van der Waals surface area contributed by atoms with E-state index in [-0.39, 0.29) is 11.6 Å². The zero-order valence-electron chi connectivity index (χ0n) is 18.1. The first kappa shape index (κ1) is 21.6. The van der Waals surface area contributed by atoms with Crippen LogP contribution in [0.15, 0.2) is 76.9 Å². The van der Waals surface area contributed by atoms with Gasteiger partial charge in [0.1, 0.15) is 11.4 Å². The van der Waals surface area contributed by atoms with Gasteiger partial charge in [-0.1, -0.05) is 48.5 Å². The van der Waals surface area contributed by atoms with E-state index in [1.54, 1.807) is 23.3 Å². The molecule has 0 bridgehead atoms. The third-order valence-corrected chi connectivity index (χ3v) is 6.24. The van der Waals surface area contributed by atoms with E-state index >= 15 is 0 Å². The van der Waals surface area contributed by atoms with Gasteiger partial charge >= 0.3 is 5.69 Å². The summed E-state index contributed by atoms with van der Waals surface area (Å²) < 4.78 is 8.33. The fourth-order valence-electron chi connectivity index (χ4n) is 3.69. The van der Waals surface area contributed by atoms with E-state index in [1.165, 1.54) is 11.3 Å². The summed E-state index contributed by atoms with van der Waals surface area (Å²) in [5.74, 6) is 0.489. The van der Waals surface area contributed by atoms with Gasteiger partial charge in [-0.3, -0.25) is 13.9 Å². The number of carbonyl (C=O) groups is 1. The van der Waals surface area contributed by atoms with Crippen LogP contribution in [0.25, 0.3) is 10.6 Å². The number of ether oxygens (including phenoxy) is 1. The number of nitrogens with zero attached hydrogens (tertiary/aromatic N) is 2. The number of carbonyl (C=O) groups excluding carboxylic acids is 1. The van der Waals surface area contributed by atoms with Gasteiger partial charge < -0.3 is 10.1 Å². The summed E-state index contributed by atoms with van der Waals surface area (Å²) in [6.07, 6.45) is 0.719. The number of nitrogens with one attached hydrogen (secondary N) is 1. The van der Waals surface area contributed by atoms with Crippen LogP contribution in [-0.2, 0) is 20.0 Å². The SMILES string of the molecule is COc1ccc(Cn2c(C(=O)NCCc3ccccc3)c(-c3cccs3)n(C)c2=O)cc1. The van der Waals surface area contributed by atoms with E-state index in [2.05, 4.69) is 5.32 Å². The highest BCUT2D eigenvalue weighted by atomic mass is 32.1. The smallest absolute Gasteiger partial charge is 0.329 e. The molecule has 0 saturated carbocycles. The van der Waals surface area contributed by atoms with E-state index in [0.717, 1.165) is 28.2 Å². The Morgan fingerprint density at radius 2 is 1.75 bits per heavy atom. The lowest BCUT2D eigenvalue weighted by molar-refractivity contribution is 0.0945. The third kappa shape index (κ3) is 4.53. The van der Waals surface area contributed by atoms with Crippen LogP contribution >= 0.6 is 11.3 Å². The monoisotopic (exact) mass is 447 g/mol. The minimum Gasteiger partial charge on any atom is -0.497 e. The van der Waals surface area contributed by atoms with Gasteiger partial charge in [0.25, 0.3) is 5.91 Å². The molecule has 1 amide bonds. The fourth-order valence-corrected chi connectivity index (χ4v) is 4.50. The Labute approximate surface area is 190 Å². The molecule has 0 aliphatic carbocycles. The second kappa shape index (κ2) is 9.70. The maximum atomic E-state index is 13.3. The van der Waals surface area contributed by atoms with Gasteiger partial charge in [-0.2, -0.15) is 0 Å². The summed E-state index contributed by atoms with van der Waals surface area (Å²) in [6.45, 7) is 0.780. The van der Waals surface area contributed by atoms with Crippen molar-refractivity contribution in [2.24, 2.45) is 7.05 Å². The van der Waals surface area contributed by atoms with Crippen molar-refractivity contribution in [2.45, 2.75) is 13.0 Å². The third-order valence-electron chi connectivity index (χ3n) is 5.36. The quantitative estimate of drug-likeness (QED) is 0.445. The zero-order chi connectivity index (χ0) is 22.5. The maximum Gasteiger partial charge on any atom is 0.329 e. The van der Waals surface area contributed by atoms with Gasteiger partial charge in [-0.15, -0.1) is 11.3 Å². The number of hydrogen-bond acceptors (Lipinski definition) is 4. The average molecular weight is 448 g/mol. The Hall–Kier alpha value is -3.58. The molecule has 2 aromatic carbocycles. The Bertz CT molecular complexity index is 1240. The molecule has 32 heavy (non-hydrogen) atoms. The molecule has 0 unspecified atom stereocenters. The average Bonchev–Trinajstić information content (AvgIpc) is 3.43. The predicted molar refractivity (Wildman–Crippen MR) is 128 cm³/mol. The molecule has 2 heterocycles. The number of rotatable bonds is 8. The van der Waals surface area contributed by atoms with E-state index in [0.29, 0.717) is 24.5 Å². The number of methoxy groups -OCH3 is 1. The Balaban J connectivity index is 1.66. The summed E-state index contributed by atoms with van der Waals surface area (Å²) in [5.41, 5.74) is 2.85. The van der Waals surface area contributed by atoms with Gasteiger partial charge in [0.15, 0.2) is 0 Å². The fraction of sp³-hybridized carbons (Fsp3) is 0.200. The van der Waals surface area contributed by atoms with Crippen LogP contribution in [0.4, 0.5) is 0 Å². The van der Waals surface area contributed by atoms with Gasteiger partial charge in [0.05, 0.1) is 24.2 Å². The summed E-state index contributed by atoms with van der Waals surface area (Å²) in [7, 11) is 3.32. The Morgan fingerprint density at radius 3 is 2.41 bits per heavy atom. The number of thiophene rings is 1. The van der Waals surface area contributed by atoms with Gasteiger partial charge in [-0.05, 0) is 41.1 Å². The zero-order valence-corrected chi connectivity index (χ0v) is 18.9. The van der Waals surface area contributed by atoms with Crippen molar-refractivity contribution in [3.8, 4) is 16.3 Å². The second-order valence-electron chi connectivity index (χ2n) is 7.44. The molecule has 0 atom stereocenters. The summed E-state index contributed by atoms with van der Waals surface area (Å²) >= 11 is 1.51. The predicted octanol–water partition coefficient (Wildman–Crippen LogP) is 3.94. The Kier molecular flexibility index (Phi) is 6.56. The molecule has 4 rings (SSSR count). The van der Waals surface area contributed by atoms with Crippen LogP contribution in [0.1, 0.15) is 21.6 Å². The van der Waals surface area contributed by atoms with Crippen LogP contribution in [0.2, 0.25) is 0 Å². The molecule has 0 radical (unpaired) electrons. The molecule has 1 N–H and O–H groups in total. The number of benzene rings is 2. The minimum absolute atomic E-state index is 0.225. The highest BCUT2D eigenvalue weighted by molar-refractivity contribution is 7.13. The second-order valence-corrected chi connectivity index (χ2v) is 8.39. The van der Waals surface area contributed by atoms with Crippen LogP contribution < -0.4 is 15.7 Å². The normalized spacial score (nSPS) is 10.8. The summed E-state index contributed by atoms with van der Waals surface area (Å²) in [5, 5.41) is 4.95. The Morgan fingerprint density at radius 1 is 1.00 bits per heavy atom. The van der Waals surface area contributed by atoms with E-state index in [1.807, 2.05) is 72.1 Å². The highest BCUT2D eigenvalue weighted by Gasteiger charge is 2.25. The maximum absolute atomic E-state index is 13.3. The highest BCUT2D eigenvalue weighted by Crippen LogP contribution is 2.28. The van der Waals surface area contributed by atoms with E-state index < -0.39 is 0 Å². The molecule has 0 aliphatic rings. The van der Waals surface area contributed by atoms with Crippen LogP contribution in [0.5, 0.6) is 5.75 Å². The molecule has 2 aromatic heterocycles. The topological polar surface area (TPSA) is 65.3 Å². The van der Waals surface area contributed by atoms with Crippen LogP contribution in [-0.4, -0.2) is 28.7 Å². The van der Waals surface area contributed by atoms with Crippen molar-refractivity contribution in [2.75, 3.05) is 13.7 Å². The van der Waals surface area contributed by atoms with Crippen molar-refractivity contribution in [3.05, 3.63) is 99.4 Å². The molecule has 7 heteroatoms. The summed E-state index contributed by atoms with van der Waals surface area (Å²) in [4.78, 5) is 27.4. The van der Waals surface area contributed by atoms with Gasteiger partial charge in [-0.25, -0.2) is 4.79 Å². The molecule has 0 saturated heterocycles. The molecule has 164 valence electrons. The van der Waals surface area contributed by atoms with Crippen molar-refractivity contribution >= 4 is 17.2 Å². The number of hydrogen-bond donors (Lipinski definition) is 1. The first-order valence-corrected chi connectivity index (χ1v) is 11.2. The lowest BCUT2D eigenvalue weighted by atomic mass is 10.1. The lowest BCUT2D eigenvalue weighted by Gasteiger charge is -2.11. The number of imidazole rings is 1. The standard InChI is InChI=1S/C25H25N3O3S/c1-27-22(21-9-6-16-32-21)23(24(29)26-15-14-18-7-4-3-5-8-18)28(25(27)30)17-19-10-12-20(31-2)13-11-19/h3-13,16H,14-15,17H2,1-2H3,(H,26,29). The number of amides is 1. The molecular formula is C25H25N3O3S. The van der Waals surface area contributed by atoms with Crippen LogP contribution in [0.3, 0.4) is 0 Å². The van der Waals surface area contributed by atoms with Gasteiger partial charge in [0, 0.05) is 13.6 Å². The minimum atomic E-state index is -0.254. The molecule has 6 nitrogen and oxygen atoms in total. The molecule has 4 aromatic rings. The molecule has 0 aliphatic heterocycles. The van der Waals surface area contributed by atoms with Crippen molar-refractivity contribution in [3.63, 3.8) is 0 Å². The van der Waals surface area contributed by atoms with Crippen molar-refractivity contribution in [1.29, 1.82) is 0 Å². The van der Waals surface area contributed by atoms with Crippen LogP contribution in [0, 0.1) is 0 Å². The first-order chi connectivity index (χ1) is 15.6. The van der Waals surface area contributed by atoms with Gasteiger partial charge in [0.2, 0.25) is 0 Å². The summed E-state index contributed by atoms with van der Waals surface area (Å²) in [6, 6.07) is 21.4. The van der Waals surface area contributed by atoms with Crippen molar-refractivity contribution < 1.29 is 9.53 Å². The molecule has 0 spiro atoms. The lowest BCUT2D eigenvalue weighted by Crippen LogP contribution is -2.31. The van der Waals surface area contributed by atoms with Crippen molar-refractivity contribution in [1.82, 2.24) is 14.5 Å².